The smallest absolute Gasteiger partial charge is 0.318 e. The number of carbonyl (C=O) groups is 2. The fourth-order valence-electron chi connectivity index (χ4n) is 3.37. The van der Waals surface area contributed by atoms with Crippen LogP contribution in [0.4, 0.5) is 4.79 Å². The molecule has 2 saturated heterocycles. The Bertz CT molecular complexity index is 619. The van der Waals surface area contributed by atoms with Crippen LogP contribution >= 0.6 is 11.6 Å². The number of ether oxygens (including phenoxy) is 1. The van der Waals surface area contributed by atoms with Gasteiger partial charge in [0.25, 0.3) is 0 Å². The van der Waals surface area contributed by atoms with E-state index in [9.17, 15) is 9.59 Å². The summed E-state index contributed by atoms with van der Waals surface area (Å²) in [6.07, 6.45) is 2.26. The van der Waals surface area contributed by atoms with Gasteiger partial charge in [0.15, 0.2) is 0 Å². The van der Waals surface area contributed by atoms with Crippen LogP contribution in [-0.2, 0) is 16.0 Å². The van der Waals surface area contributed by atoms with Crippen LogP contribution in [0.3, 0.4) is 0 Å². The number of halogens is 1. The Hall–Kier alpha value is -1.79. The molecule has 7 heteroatoms. The lowest BCUT2D eigenvalue weighted by atomic mass is 10.1. The van der Waals surface area contributed by atoms with Crippen molar-refractivity contribution < 1.29 is 14.3 Å². The topological polar surface area (TPSA) is 61.9 Å². The summed E-state index contributed by atoms with van der Waals surface area (Å²) in [5, 5.41) is 3.63. The van der Waals surface area contributed by atoms with Gasteiger partial charge in [0, 0.05) is 31.2 Å². The number of nitrogens with one attached hydrogen (secondary N) is 1. The van der Waals surface area contributed by atoms with Crippen LogP contribution < -0.4 is 5.32 Å². The highest BCUT2D eigenvalue weighted by atomic mass is 35.5. The second-order valence-electron chi connectivity index (χ2n) is 6.36. The summed E-state index contributed by atoms with van der Waals surface area (Å²) in [6, 6.07) is 7.09. The van der Waals surface area contributed by atoms with Crippen LogP contribution in [-0.4, -0.2) is 67.2 Å². The van der Waals surface area contributed by atoms with E-state index in [0.717, 1.165) is 18.4 Å². The zero-order valence-electron chi connectivity index (χ0n) is 14.2. The molecule has 1 N–H and O–H groups in total. The molecule has 6 nitrogen and oxygen atoms in total. The van der Waals surface area contributed by atoms with E-state index in [-0.39, 0.29) is 18.0 Å². The van der Waals surface area contributed by atoms with Crippen molar-refractivity contribution in [1.82, 2.24) is 15.1 Å². The first-order chi connectivity index (χ1) is 12.2. The fraction of sp³-hybridized carbons (Fsp3) is 0.556. The number of urea groups is 1. The summed E-state index contributed by atoms with van der Waals surface area (Å²) in [7, 11) is 0. The monoisotopic (exact) mass is 365 g/mol. The number of nitrogens with zero attached hydrogens (tertiary/aromatic N) is 2. The van der Waals surface area contributed by atoms with E-state index in [1.807, 2.05) is 29.2 Å². The average molecular weight is 366 g/mol. The van der Waals surface area contributed by atoms with Crippen LogP contribution in [0.2, 0.25) is 5.02 Å². The number of amides is 3. The number of morpholine rings is 1. The Kier molecular flexibility index (Phi) is 6.15. The fourth-order valence-corrected chi connectivity index (χ4v) is 3.60. The lowest BCUT2D eigenvalue weighted by Crippen LogP contribution is -2.53. The van der Waals surface area contributed by atoms with Crippen molar-refractivity contribution in [1.29, 1.82) is 0 Å². The normalized spacial score (nSPS) is 20.6. The molecule has 2 aliphatic heterocycles. The maximum Gasteiger partial charge on any atom is 0.318 e. The Morgan fingerprint density at radius 2 is 1.96 bits per heavy atom. The largest absolute Gasteiger partial charge is 0.378 e. The average Bonchev–Trinajstić information content (AvgIpc) is 3.13. The number of hydrogen-bond acceptors (Lipinski definition) is 3. The van der Waals surface area contributed by atoms with Gasteiger partial charge in [-0.1, -0.05) is 29.8 Å². The summed E-state index contributed by atoms with van der Waals surface area (Å²) in [4.78, 5) is 28.7. The summed E-state index contributed by atoms with van der Waals surface area (Å²) in [5.74, 6) is 0.0436. The van der Waals surface area contributed by atoms with Gasteiger partial charge >= 0.3 is 6.03 Å². The van der Waals surface area contributed by atoms with Crippen molar-refractivity contribution in [2.24, 2.45) is 0 Å². The minimum Gasteiger partial charge on any atom is -0.378 e. The number of carbonyl (C=O) groups excluding carboxylic acids is 2. The molecular weight excluding hydrogens is 342 g/mol. The predicted molar refractivity (Wildman–Crippen MR) is 95.7 cm³/mol. The van der Waals surface area contributed by atoms with Gasteiger partial charge in [-0.2, -0.15) is 0 Å². The minimum atomic E-state index is -0.349. The molecular formula is C18H24ClN3O3. The third-order valence-electron chi connectivity index (χ3n) is 4.75. The molecule has 0 aromatic heterocycles. The van der Waals surface area contributed by atoms with E-state index in [1.165, 1.54) is 0 Å². The third-order valence-corrected chi connectivity index (χ3v) is 5.12. The van der Waals surface area contributed by atoms with Crippen molar-refractivity contribution in [2.75, 3.05) is 39.4 Å². The van der Waals surface area contributed by atoms with E-state index < -0.39 is 0 Å². The summed E-state index contributed by atoms with van der Waals surface area (Å²) >= 11 is 6.13. The first-order valence-corrected chi connectivity index (χ1v) is 9.19. The molecule has 136 valence electrons. The standard InChI is InChI=1S/C18H24ClN3O3/c19-15-5-2-1-4-14(15)7-8-20-18(24)22-9-3-6-16(22)17(23)21-10-12-25-13-11-21/h1-2,4-5,16H,3,6-13H2,(H,20,24). The first-order valence-electron chi connectivity index (χ1n) is 8.81. The molecule has 2 aliphatic rings. The highest BCUT2D eigenvalue weighted by molar-refractivity contribution is 6.31. The van der Waals surface area contributed by atoms with Crippen LogP contribution in [0.25, 0.3) is 0 Å². The van der Waals surface area contributed by atoms with Crippen LogP contribution in [0, 0.1) is 0 Å². The molecule has 0 aliphatic carbocycles. The van der Waals surface area contributed by atoms with Crippen LogP contribution in [0.1, 0.15) is 18.4 Å². The van der Waals surface area contributed by atoms with E-state index >= 15 is 0 Å². The molecule has 3 amide bonds. The Morgan fingerprint density at radius 3 is 2.72 bits per heavy atom. The van der Waals surface area contributed by atoms with Gasteiger partial charge in [-0.25, -0.2) is 4.79 Å². The molecule has 1 aromatic rings. The van der Waals surface area contributed by atoms with Crippen molar-refractivity contribution in [2.45, 2.75) is 25.3 Å². The Morgan fingerprint density at radius 1 is 1.20 bits per heavy atom. The molecule has 1 atom stereocenters. The predicted octanol–water partition coefficient (Wildman–Crippen LogP) is 1.92. The van der Waals surface area contributed by atoms with Crippen LogP contribution in [0.5, 0.6) is 0 Å². The lowest BCUT2D eigenvalue weighted by molar-refractivity contribution is -0.139. The lowest BCUT2D eigenvalue weighted by Gasteiger charge is -2.32. The van der Waals surface area contributed by atoms with Gasteiger partial charge in [-0.05, 0) is 30.9 Å². The van der Waals surface area contributed by atoms with E-state index in [2.05, 4.69) is 5.32 Å². The molecule has 0 radical (unpaired) electrons. The summed E-state index contributed by atoms with van der Waals surface area (Å²) < 4.78 is 5.29. The Balaban J connectivity index is 1.52. The van der Waals surface area contributed by atoms with E-state index in [1.54, 1.807) is 4.90 Å². The van der Waals surface area contributed by atoms with Crippen LogP contribution in [0.15, 0.2) is 24.3 Å². The van der Waals surface area contributed by atoms with Crippen molar-refractivity contribution >= 4 is 23.5 Å². The van der Waals surface area contributed by atoms with E-state index in [0.29, 0.717) is 50.8 Å². The molecule has 1 aromatic carbocycles. The maximum absolute atomic E-state index is 12.7. The van der Waals surface area contributed by atoms with Gasteiger partial charge in [-0.15, -0.1) is 0 Å². The molecule has 0 spiro atoms. The highest BCUT2D eigenvalue weighted by Gasteiger charge is 2.36. The molecule has 25 heavy (non-hydrogen) atoms. The minimum absolute atomic E-state index is 0.0436. The van der Waals surface area contributed by atoms with Gasteiger partial charge in [0.05, 0.1) is 13.2 Å². The molecule has 2 heterocycles. The zero-order chi connectivity index (χ0) is 17.6. The number of benzene rings is 1. The maximum atomic E-state index is 12.7. The first kappa shape index (κ1) is 18.0. The van der Waals surface area contributed by atoms with Gasteiger partial charge in [-0.3, -0.25) is 4.79 Å². The van der Waals surface area contributed by atoms with E-state index in [4.69, 9.17) is 16.3 Å². The summed E-state index contributed by atoms with van der Waals surface area (Å²) in [6.45, 7) is 3.48. The second kappa shape index (κ2) is 8.54. The van der Waals surface area contributed by atoms with Crippen molar-refractivity contribution in [3.8, 4) is 0 Å². The summed E-state index contributed by atoms with van der Waals surface area (Å²) in [5.41, 5.74) is 1.01. The van der Waals surface area contributed by atoms with Gasteiger partial charge < -0.3 is 19.9 Å². The molecule has 2 fully saturated rings. The number of hydrogen-bond donors (Lipinski definition) is 1. The third kappa shape index (κ3) is 4.44. The molecule has 0 saturated carbocycles. The Labute approximate surface area is 153 Å². The van der Waals surface area contributed by atoms with Crippen molar-refractivity contribution in [3.05, 3.63) is 34.9 Å². The van der Waals surface area contributed by atoms with Crippen molar-refractivity contribution in [3.63, 3.8) is 0 Å². The molecule has 3 rings (SSSR count). The molecule has 1 unspecified atom stereocenters. The number of rotatable bonds is 4. The SMILES string of the molecule is O=C(C1CCCN1C(=O)NCCc1ccccc1Cl)N1CCOCC1. The zero-order valence-corrected chi connectivity index (χ0v) is 15.0. The highest BCUT2D eigenvalue weighted by Crippen LogP contribution is 2.20. The number of likely N-dealkylation sites (tertiary alicyclic amines) is 1. The second-order valence-corrected chi connectivity index (χ2v) is 6.77. The van der Waals surface area contributed by atoms with Gasteiger partial charge in [0.2, 0.25) is 5.91 Å². The molecule has 0 bridgehead atoms. The van der Waals surface area contributed by atoms with Gasteiger partial charge in [0.1, 0.15) is 6.04 Å². The quantitative estimate of drug-likeness (QED) is 0.886.